The van der Waals surface area contributed by atoms with Crippen LogP contribution in [0.3, 0.4) is 0 Å². The molecule has 1 fully saturated rings. The summed E-state index contributed by atoms with van der Waals surface area (Å²) in [4.78, 5) is 22.5. The first kappa shape index (κ1) is 21.4. The van der Waals surface area contributed by atoms with Gasteiger partial charge in [-0.25, -0.2) is 9.97 Å². The highest BCUT2D eigenvalue weighted by Crippen LogP contribution is 2.37. The van der Waals surface area contributed by atoms with E-state index in [1.54, 1.807) is 36.4 Å². The number of alkyl halides is 3. The fourth-order valence-corrected chi connectivity index (χ4v) is 3.92. The van der Waals surface area contributed by atoms with Gasteiger partial charge in [0.05, 0.1) is 17.0 Å². The third-order valence-corrected chi connectivity index (χ3v) is 5.60. The number of anilines is 2. The van der Waals surface area contributed by atoms with Gasteiger partial charge in [-0.05, 0) is 49.6 Å². The first-order valence-electron chi connectivity index (χ1n) is 9.88. The number of amides is 1. The Kier molecular flexibility index (Phi) is 5.75. The molecule has 4 rings (SSSR count). The van der Waals surface area contributed by atoms with Crippen molar-refractivity contribution in [2.75, 3.05) is 23.3 Å². The van der Waals surface area contributed by atoms with Gasteiger partial charge in [0, 0.05) is 23.8 Å². The van der Waals surface area contributed by atoms with E-state index in [9.17, 15) is 18.0 Å². The molecule has 162 valence electrons. The van der Waals surface area contributed by atoms with Crippen molar-refractivity contribution in [3.8, 4) is 0 Å². The summed E-state index contributed by atoms with van der Waals surface area (Å²) in [6.07, 6.45) is -3.51. The molecule has 0 bridgehead atoms. The maximum absolute atomic E-state index is 13.7. The zero-order valence-electron chi connectivity index (χ0n) is 16.7. The molecule has 1 amide bonds. The van der Waals surface area contributed by atoms with Crippen LogP contribution in [0.4, 0.5) is 24.7 Å². The maximum Gasteiger partial charge on any atom is 0.437 e. The fourth-order valence-electron chi connectivity index (χ4n) is 3.75. The van der Waals surface area contributed by atoms with Crippen LogP contribution < -0.4 is 10.2 Å². The molecule has 1 saturated heterocycles. The number of aryl methyl sites for hydroxylation is 1. The SMILES string of the molecule is Cc1ccc(Cl)cc1NC(=O)[C@H]1CCCN(c2nc3ccccc3nc2C(F)(F)F)C1. The van der Waals surface area contributed by atoms with Crippen LogP contribution in [-0.4, -0.2) is 29.0 Å². The number of aromatic nitrogens is 2. The summed E-state index contributed by atoms with van der Waals surface area (Å²) in [5, 5.41) is 3.35. The van der Waals surface area contributed by atoms with E-state index >= 15 is 0 Å². The van der Waals surface area contributed by atoms with Crippen LogP contribution in [0.15, 0.2) is 42.5 Å². The maximum atomic E-state index is 13.7. The van der Waals surface area contributed by atoms with Gasteiger partial charge >= 0.3 is 6.18 Å². The van der Waals surface area contributed by atoms with Gasteiger partial charge in [0.2, 0.25) is 5.91 Å². The highest BCUT2D eigenvalue weighted by atomic mass is 35.5. The highest BCUT2D eigenvalue weighted by molar-refractivity contribution is 6.31. The van der Waals surface area contributed by atoms with Crippen molar-refractivity contribution >= 4 is 40.0 Å². The van der Waals surface area contributed by atoms with Crippen LogP contribution in [0.1, 0.15) is 24.1 Å². The Bertz CT molecular complexity index is 1140. The highest BCUT2D eigenvalue weighted by Gasteiger charge is 2.40. The molecule has 2 aromatic carbocycles. The van der Waals surface area contributed by atoms with E-state index in [0.717, 1.165) is 5.56 Å². The summed E-state index contributed by atoms with van der Waals surface area (Å²) in [5.74, 6) is -0.971. The molecule has 1 aliphatic heterocycles. The molecule has 2 heterocycles. The Labute approximate surface area is 182 Å². The molecular weight excluding hydrogens is 429 g/mol. The number of nitrogens with zero attached hydrogens (tertiary/aromatic N) is 3. The van der Waals surface area contributed by atoms with Gasteiger partial charge in [0.15, 0.2) is 11.5 Å². The van der Waals surface area contributed by atoms with E-state index in [2.05, 4.69) is 15.3 Å². The number of para-hydroxylation sites is 2. The number of hydrogen-bond acceptors (Lipinski definition) is 4. The zero-order valence-corrected chi connectivity index (χ0v) is 17.5. The molecule has 3 aromatic rings. The molecule has 1 N–H and O–H groups in total. The van der Waals surface area contributed by atoms with E-state index in [-0.39, 0.29) is 23.8 Å². The summed E-state index contributed by atoms with van der Waals surface area (Å²) < 4.78 is 41.2. The minimum absolute atomic E-state index is 0.127. The van der Waals surface area contributed by atoms with Crippen molar-refractivity contribution in [1.82, 2.24) is 9.97 Å². The van der Waals surface area contributed by atoms with Crippen molar-refractivity contribution < 1.29 is 18.0 Å². The smallest absolute Gasteiger partial charge is 0.354 e. The van der Waals surface area contributed by atoms with E-state index < -0.39 is 17.8 Å². The lowest BCUT2D eigenvalue weighted by molar-refractivity contribution is -0.140. The molecule has 31 heavy (non-hydrogen) atoms. The average molecular weight is 449 g/mol. The van der Waals surface area contributed by atoms with E-state index in [4.69, 9.17) is 11.6 Å². The number of hydrogen-bond donors (Lipinski definition) is 1. The molecule has 0 saturated carbocycles. The first-order valence-corrected chi connectivity index (χ1v) is 10.3. The molecule has 0 unspecified atom stereocenters. The third-order valence-electron chi connectivity index (χ3n) is 5.37. The van der Waals surface area contributed by atoms with Gasteiger partial charge in [0.1, 0.15) is 0 Å². The molecule has 0 spiro atoms. The van der Waals surface area contributed by atoms with Crippen LogP contribution in [-0.2, 0) is 11.0 Å². The van der Waals surface area contributed by atoms with Gasteiger partial charge in [-0.3, -0.25) is 4.79 Å². The number of piperidine rings is 1. The Morgan fingerprint density at radius 2 is 1.87 bits per heavy atom. The Morgan fingerprint density at radius 3 is 2.58 bits per heavy atom. The molecule has 1 aliphatic rings. The fraction of sp³-hybridized carbons (Fsp3) is 0.318. The summed E-state index contributed by atoms with van der Waals surface area (Å²) in [6, 6.07) is 11.6. The van der Waals surface area contributed by atoms with Crippen molar-refractivity contribution in [1.29, 1.82) is 0 Å². The summed E-state index contributed by atoms with van der Waals surface area (Å²) in [5.41, 5.74) is 0.979. The van der Waals surface area contributed by atoms with Crippen molar-refractivity contribution in [3.63, 3.8) is 0 Å². The van der Waals surface area contributed by atoms with Crippen LogP contribution in [0.5, 0.6) is 0 Å². The Hall–Kier alpha value is -2.87. The van der Waals surface area contributed by atoms with E-state index in [1.165, 1.54) is 11.0 Å². The van der Waals surface area contributed by atoms with E-state index in [1.807, 2.05) is 6.92 Å². The number of benzene rings is 2. The van der Waals surface area contributed by atoms with E-state index in [0.29, 0.717) is 35.6 Å². The molecule has 1 atom stereocenters. The average Bonchev–Trinajstić information content (AvgIpc) is 2.75. The largest absolute Gasteiger partial charge is 0.437 e. The number of halogens is 4. The lowest BCUT2D eigenvalue weighted by Crippen LogP contribution is -2.42. The zero-order chi connectivity index (χ0) is 22.2. The van der Waals surface area contributed by atoms with Gasteiger partial charge in [-0.1, -0.05) is 29.8 Å². The van der Waals surface area contributed by atoms with Crippen molar-refractivity contribution in [2.45, 2.75) is 25.9 Å². The summed E-state index contributed by atoms with van der Waals surface area (Å²) >= 11 is 6.02. The Balaban J connectivity index is 1.61. The monoisotopic (exact) mass is 448 g/mol. The number of carbonyl (C=O) groups is 1. The molecule has 0 radical (unpaired) electrons. The molecule has 9 heteroatoms. The van der Waals surface area contributed by atoms with Gasteiger partial charge < -0.3 is 10.2 Å². The Morgan fingerprint density at radius 1 is 1.16 bits per heavy atom. The standard InChI is InChI=1S/C22H20ClF3N4O/c1-13-8-9-15(23)11-18(13)29-21(31)14-5-4-10-30(12-14)20-19(22(24,25)26)27-16-6-2-3-7-17(16)28-20/h2-3,6-9,11,14H,4-5,10,12H2,1H3,(H,29,31)/t14-/m0/s1. The van der Waals surface area contributed by atoms with Crippen LogP contribution in [0, 0.1) is 12.8 Å². The predicted octanol–water partition coefficient (Wildman–Crippen LogP) is 5.47. The first-order chi connectivity index (χ1) is 14.7. The van der Waals surface area contributed by atoms with Gasteiger partial charge in [-0.15, -0.1) is 0 Å². The van der Waals surface area contributed by atoms with Gasteiger partial charge in [-0.2, -0.15) is 13.2 Å². The molecule has 5 nitrogen and oxygen atoms in total. The predicted molar refractivity (Wildman–Crippen MR) is 114 cm³/mol. The quantitative estimate of drug-likeness (QED) is 0.577. The second-order valence-electron chi connectivity index (χ2n) is 7.62. The minimum atomic E-state index is -4.65. The number of carbonyl (C=O) groups excluding carboxylic acids is 1. The van der Waals surface area contributed by atoms with Gasteiger partial charge in [0.25, 0.3) is 0 Å². The van der Waals surface area contributed by atoms with Crippen LogP contribution in [0.25, 0.3) is 11.0 Å². The second-order valence-corrected chi connectivity index (χ2v) is 8.05. The second kappa shape index (κ2) is 8.34. The normalized spacial score (nSPS) is 17.1. The summed E-state index contributed by atoms with van der Waals surface area (Å²) in [7, 11) is 0. The lowest BCUT2D eigenvalue weighted by Gasteiger charge is -2.34. The summed E-state index contributed by atoms with van der Waals surface area (Å²) in [6.45, 7) is 2.34. The topological polar surface area (TPSA) is 58.1 Å². The number of rotatable bonds is 3. The van der Waals surface area contributed by atoms with Crippen molar-refractivity contribution in [2.24, 2.45) is 5.92 Å². The number of nitrogens with one attached hydrogen (secondary N) is 1. The van der Waals surface area contributed by atoms with Crippen molar-refractivity contribution in [3.05, 3.63) is 58.7 Å². The minimum Gasteiger partial charge on any atom is -0.354 e. The lowest BCUT2D eigenvalue weighted by atomic mass is 9.96. The molecule has 1 aromatic heterocycles. The number of fused-ring (bicyclic) bond motifs is 1. The molecular formula is C22H20ClF3N4O. The van der Waals surface area contributed by atoms with Crippen LogP contribution in [0.2, 0.25) is 5.02 Å². The molecule has 0 aliphatic carbocycles. The third kappa shape index (κ3) is 4.58. The van der Waals surface area contributed by atoms with Crippen LogP contribution >= 0.6 is 11.6 Å².